The lowest BCUT2D eigenvalue weighted by atomic mass is 10.0. The molecular formula is C14H34Cl4N4. The molecule has 0 unspecified atom stereocenters. The van der Waals surface area contributed by atoms with Gasteiger partial charge in [0.05, 0.1) is 0 Å². The minimum atomic E-state index is 0. The highest BCUT2D eigenvalue weighted by molar-refractivity contribution is 5.86. The van der Waals surface area contributed by atoms with Crippen LogP contribution in [0.1, 0.15) is 25.7 Å². The molecular weight excluding hydrogens is 366 g/mol. The average molecular weight is 400 g/mol. The van der Waals surface area contributed by atoms with Gasteiger partial charge in [-0.05, 0) is 66.0 Å². The van der Waals surface area contributed by atoms with Gasteiger partial charge in [0.25, 0.3) is 0 Å². The summed E-state index contributed by atoms with van der Waals surface area (Å²) in [5.74, 6) is 0. The summed E-state index contributed by atoms with van der Waals surface area (Å²) in [6.45, 7) is 7.20. The lowest BCUT2D eigenvalue weighted by molar-refractivity contribution is 0.143. The van der Waals surface area contributed by atoms with Crippen molar-refractivity contribution < 1.29 is 0 Å². The van der Waals surface area contributed by atoms with E-state index in [1.54, 1.807) is 0 Å². The third kappa shape index (κ3) is 9.33. The normalized spacial score (nSPS) is 19.6. The van der Waals surface area contributed by atoms with E-state index in [1.165, 1.54) is 65.0 Å². The van der Waals surface area contributed by atoms with Crippen LogP contribution in [0.4, 0.5) is 0 Å². The number of nitrogens with one attached hydrogen (secondary N) is 2. The average Bonchev–Trinajstić information content (AvgIpc) is 2.46. The second kappa shape index (κ2) is 15.5. The standard InChI is InChI=1S/C14H30N4.4ClH/c1-17(13-3-7-15-8-4-13)11-12-18(2)14-5-9-16-10-6-14;;;;/h13-16H,3-12H2,1-2H3;4*1H. The fourth-order valence-electron chi connectivity index (χ4n) is 3.18. The Hall–Kier alpha value is 1.00. The second-order valence-corrected chi connectivity index (χ2v) is 5.92. The molecule has 0 atom stereocenters. The number of halogens is 4. The molecule has 0 aliphatic carbocycles. The zero-order valence-corrected chi connectivity index (χ0v) is 17.0. The summed E-state index contributed by atoms with van der Waals surface area (Å²) in [6, 6.07) is 1.60. The van der Waals surface area contributed by atoms with E-state index in [0.717, 1.165) is 12.1 Å². The van der Waals surface area contributed by atoms with Gasteiger partial charge in [0.1, 0.15) is 0 Å². The SMILES string of the molecule is CN(CCN(C)C1CCNCC1)C1CCNCC1.Cl.Cl.Cl.Cl. The van der Waals surface area contributed by atoms with E-state index >= 15 is 0 Å². The lowest BCUT2D eigenvalue weighted by Crippen LogP contribution is -2.46. The van der Waals surface area contributed by atoms with E-state index in [0.29, 0.717) is 0 Å². The first-order chi connectivity index (χ1) is 8.77. The summed E-state index contributed by atoms with van der Waals surface area (Å²) < 4.78 is 0. The maximum absolute atomic E-state index is 3.44. The first-order valence-corrected chi connectivity index (χ1v) is 7.59. The van der Waals surface area contributed by atoms with Crippen LogP contribution >= 0.6 is 49.6 Å². The highest BCUT2D eigenvalue weighted by atomic mass is 35.5. The first kappa shape index (κ1) is 27.8. The topological polar surface area (TPSA) is 30.5 Å². The quantitative estimate of drug-likeness (QED) is 0.740. The molecule has 138 valence electrons. The van der Waals surface area contributed by atoms with Crippen molar-refractivity contribution >= 4 is 49.6 Å². The Morgan fingerprint density at radius 1 is 0.636 bits per heavy atom. The third-order valence-electron chi connectivity index (χ3n) is 4.67. The molecule has 2 aliphatic heterocycles. The van der Waals surface area contributed by atoms with Gasteiger partial charge in [0.2, 0.25) is 0 Å². The molecule has 0 amide bonds. The number of hydrogen-bond donors (Lipinski definition) is 2. The molecule has 0 radical (unpaired) electrons. The van der Waals surface area contributed by atoms with Crippen LogP contribution < -0.4 is 10.6 Å². The number of rotatable bonds is 5. The summed E-state index contributed by atoms with van der Waals surface area (Å²) in [6.07, 6.45) is 5.25. The van der Waals surface area contributed by atoms with Crippen molar-refractivity contribution in [3.8, 4) is 0 Å². The predicted octanol–water partition coefficient (Wildman–Crippen LogP) is 2.04. The van der Waals surface area contributed by atoms with Crippen molar-refractivity contribution in [2.75, 3.05) is 53.4 Å². The van der Waals surface area contributed by atoms with Gasteiger partial charge in [-0.25, -0.2) is 0 Å². The fourth-order valence-corrected chi connectivity index (χ4v) is 3.18. The van der Waals surface area contributed by atoms with Gasteiger partial charge in [0.15, 0.2) is 0 Å². The van der Waals surface area contributed by atoms with E-state index in [1.807, 2.05) is 0 Å². The molecule has 0 spiro atoms. The monoisotopic (exact) mass is 398 g/mol. The third-order valence-corrected chi connectivity index (χ3v) is 4.67. The van der Waals surface area contributed by atoms with Crippen LogP contribution in [0.15, 0.2) is 0 Å². The minimum Gasteiger partial charge on any atom is -0.317 e. The van der Waals surface area contributed by atoms with E-state index in [2.05, 4.69) is 34.5 Å². The maximum atomic E-state index is 3.44. The van der Waals surface area contributed by atoms with Crippen molar-refractivity contribution in [3.05, 3.63) is 0 Å². The molecule has 0 aromatic carbocycles. The maximum Gasteiger partial charge on any atom is 0.0117 e. The predicted molar refractivity (Wildman–Crippen MR) is 106 cm³/mol. The number of likely N-dealkylation sites (N-methyl/N-ethyl adjacent to an activating group) is 2. The van der Waals surface area contributed by atoms with E-state index in [4.69, 9.17) is 0 Å². The summed E-state index contributed by atoms with van der Waals surface area (Å²) in [5.41, 5.74) is 0. The summed E-state index contributed by atoms with van der Waals surface area (Å²) >= 11 is 0. The zero-order chi connectivity index (χ0) is 12.8. The molecule has 4 nitrogen and oxygen atoms in total. The Kier molecular flexibility index (Phi) is 19.6. The van der Waals surface area contributed by atoms with Crippen LogP contribution in [-0.4, -0.2) is 75.2 Å². The fraction of sp³-hybridized carbons (Fsp3) is 1.00. The highest BCUT2D eigenvalue weighted by Gasteiger charge is 2.20. The number of nitrogens with zero attached hydrogens (tertiary/aromatic N) is 2. The molecule has 0 saturated carbocycles. The first-order valence-electron chi connectivity index (χ1n) is 7.59. The Morgan fingerprint density at radius 2 is 0.909 bits per heavy atom. The minimum absolute atomic E-state index is 0. The Labute approximate surface area is 161 Å². The van der Waals surface area contributed by atoms with E-state index in [9.17, 15) is 0 Å². The van der Waals surface area contributed by atoms with Crippen LogP contribution in [0.25, 0.3) is 0 Å². The second-order valence-electron chi connectivity index (χ2n) is 5.92. The summed E-state index contributed by atoms with van der Waals surface area (Å²) in [4.78, 5) is 5.14. The molecule has 22 heavy (non-hydrogen) atoms. The van der Waals surface area contributed by atoms with Gasteiger partial charge >= 0.3 is 0 Å². The summed E-state index contributed by atoms with van der Waals surface area (Å²) in [5, 5.41) is 6.88. The molecule has 2 heterocycles. The van der Waals surface area contributed by atoms with Gasteiger partial charge in [0, 0.05) is 25.2 Å². The van der Waals surface area contributed by atoms with Crippen LogP contribution in [0.2, 0.25) is 0 Å². The highest BCUT2D eigenvalue weighted by Crippen LogP contribution is 2.12. The molecule has 2 aliphatic rings. The van der Waals surface area contributed by atoms with Crippen molar-refractivity contribution in [1.82, 2.24) is 20.4 Å². The van der Waals surface area contributed by atoms with Gasteiger partial charge in [-0.15, -0.1) is 49.6 Å². The molecule has 2 N–H and O–H groups in total. The van der Waals surface area contributed by atoms with Gasteiger partial charge in [-0.1, -0.05) is 0 Å². The smallest absolute Gasteiger partial charge is 0.0117 e. The molecule has 8 heteroatoms. The molecule has 2 fully saturated rings. The van der Waals surface area contributed by atoms with Gasteiger partial charge in [-0.3, -0.25) is 0 Å². The Morgan fingerprint density at radius 3 is 1.18 bits per heavy atom. The van der Waals surface area contributed by atoms with Crippen molar-refractivity contribution in [1.29, 1.82) is 0 Å². The zero-order valence-electron chi connectivity index (χ0n) is 13.8. The van der Waals surface area contributed by atoms with E-state index < -0.39 is 0 Å². The van der Waals surface area contributed by atoms with Crippen LogP contribution in [-0.2, 0) is 0 Å². The molecule has 0 bridgehead atoms. The molecule has 0 aromatic rings. The lowest BCUT2D eigenvalue weighted by Gasteiger charge is -2.35. The Balaban J connectivity index is -0.000000902. The largest absolute Gasteiger partial charge is 0.317 e. The van der Waals surface area contributed by atoms with Crippen molar-refractivity contribution in [2.24, 2.45) is 0 Å². The summed E-state index contributed by atoms with van der Waals surface area (Å²) in [7, 11) is 4.60. The van der Waals surface area contributed by atoms with E-state index in [-0.39, 0.29) is 49.6 Å². The molecule has 0 aromatic heterocycles. The van der Waals surface area contributed by atoms with Gasteiger partial charge in [-0.2, -0.15) is 0 Å². The number of piperidine rings is 2. The van der Waals surface area contributed by atoms with Crippen LogP contribution in [0, 0.1) is 0 Å². The Bertz CT molecular complexity index is 213. The van der Waals surface area contributed by atoms with Crippen molar-refractivity contribution in [2.45, 2.75) is 37.8 Å². The van der Waals surface area contributed by atoms with Crippen LogP contribution in [0.5, 0.6) is 0 Å². The molecule has 2 saturated heterocycles. The van der Waals surface area contributed by atoms with Crippen LogP contribution in [0.3, 0.4) is 0 Å². The van der Waals surface area contributed by atoms with Gasteiger partial charge < -0.3 is 20.4 Å². The molecule has 2 rings (SSSR count). The van der Waals surface area contributed by atoms with Crippen molar-refractivity contribution in [3.63, 3.8) is 0 Å². The number of hydrogen-bond acceptors (Lipinski definition) is 4.